The molecule has 0 aliphatic heterocycles. The number of nitrogens with one attached hydrogen (secondary N) is 2. The molecule has 1 rings (SSSR count). The van der Waals surface area contributed by atoms with Crippen molar-refractivity contribution in [1.29, 1.82) is 0 Å². The number of alkyl halides is 3. The summed E-state index contributed by atoms with van der Waals surface area (Å²) in [6.45, 7) is 9.05. The molecule has 0 aliphatic rings. The lowest BCUT2D eigenvalue weighted by atomic mass is 10.1. The lowest BCUT2D eigenvalue weighted by molar-refractivity contribution is -0.137. The lowest BCUT2D eigenvalue weighted by Crippen LogP contribution is -2.39. The van der Waals surface area contributed by atoms with Crippen LogP contribution in [0.2, 0.25) is 0 Å². The van der Waals surface area contributed by atoms with Crippen molar-refractivity contribution in [3.8, 4) is 0 Å². The summed E-state index contributed by atoms with van der Waals surface area (Å²) in [6.07, 6.45) is -4.41. The topological polar surface area (TPSA) is 70.6 Å². The molecule has 0 aromatic heterocycles. The van der Waals surface area contributed by atoms with Gasteiger partial charge < -0.3 is 10.6 Å². The van der Waals surface area contributed by atoms with E-state index in [0.717, 1.165) is 12.1 Å². The van der Waals surface area contributed by atoms with E-state index in [1.165, 1.54) is 6.07 Å². The second kappa shape index (κ2) is 10.7. The predicted octanol–water partition coefficient (Wildman–Crippen LogP) is 4.15. The summed E-state index contributed by atoms with van der Waals surface area (Å²) >= 11 is 0. The van der Waals surface area contributed by atoms with E-state index >= 15 is 0 Å². The zero-order chi connectivity index (χ0) is 20.9. The van der Waals surface area contributed by atoms with E-state index in [2.05, 4.69) is 15.6 Å². The van der Waals surface area contributed by atoms with Crippen molar-refractivity contribution >= 4 is 39.8 Å². The van der Waals surface area contributed by atoms with Crippen molar-refractivity contribution in [2.24, 2.45) is 4.99 Å². The Morgan fingerprint density at radius 1 is 1.21 bits per heavy atom. The van der Waals surface area contributed by atoms with Crippen molar-refractivity contribution < 1.29 is 21.6 Å². The fourth-order valence-electron chi connectivity index (χ4n) is 2.18. The van der Waals surface area contributed by atoms with Crippen LogP contribution < -0.4 is 10.6 Å². The van der Waals surface area contributed by atoms with E-state index in [4.69, 9.17) is 0 Å². The molecule has 0 saturated carbocycles. The fraction of sp³-hybridized carbons (Fsp3) is 0.611. The molecule has 0 bridgehead atoms. The molecule has 1 unspecified atom stereocenters. The molecule has 0 aliphatic carbocycles. The van der Waals surface area contributed by atoms with Crippen LogP contribution in [0.25, 0.3) is 0 Å². The number of rotatable bonds is 6. The van der Waals surface area contributed by atoms with Crippen molar-refractivity contribution in [3.05, 3.63) is 35.4 Å². The van der Waals surface area contributed by atoms with Crippen LogP contribution in [0, 0.1) is 0 Å². The summed E-state index contributed by atoms with van der Waals surface area (Å²) in [4.78, 5) is 4.24. The third kappa shape index (κ3) is 8.14. The Bertz CT molecular complexity index is 760. The number of hydrogen-bond donors (Lipinski definition) is 2. The Morgan fingerprint density at radius 3 is 2.32 bits per heavy atom. The van der Waals surface area contributed by atoms with Gasteiger partial charge in [-0.15, -0.1) is 24.0 Å². The van der Waals surface area contributed by atoms with Gasteiger partial charge in [-0.1, -0.05) is 12.1 Å². The highest BCUT2D eigenvalue weighted by Gasteiger charge is 2.31. The zero-order valence-electron chi connectivity index (χ0n) is 16.7. The minimum atomic E-state index is -4.41. The molecular weight excluding hydrogens is 506 g/mol. The Balaban J connectivity index is 0.00000729. The predicted molar refractivity (Wildman–Crippen MR) is 118 cm³/mol. The molecule has 0 spiro atoms. The van der Waals surface area contributed by atoms with Gasteiger partial charge in [-0.05, 0) is 52.3 Å². The number of guanidine groups is 1. The van der Waals surface area contributed by atoms with E-state index in [1.807, 2.05) is 6.92 Å². The minimum absolute atomic E-state index is 0. The van der Waals surface area contributed by atoms with Crippen molar-refractivity contribution in [1.82, 2.24) is 10.6 Å². The maximum absolute atomic E-state index is 12.9. The normalized spacial score (nSPS) is 14.2. The van der Waals surface area contributed by atoms with Gasteiger partial charge in [-0.3, -0.25) is 4.99 Å². The highest BCUT2D eigenvalue weighted by atomic mass is 127. The standard InChI is InChI=1S/C18H28F3N3O2S.HI/c1-6-22-16(23-10-11-27(25,26)17(3,4)5)24-13(2)14-8-7-9-15(12-14)18(19,20)21;/h7-9,12-13H,6,10-11H2,1-5H3,(H2,22,23,24);1H. The Hall–Kier alpha value is -1.04. The van der Waals surface area contributed by atoms with E-state index in [9.17, 15) is 21.6 Å². The van der Waals surface area contributed by atoms with Crippen LogP contribution >= 0.6 is 24.0 Å². The van der Waals surface area contributed by atoms with Crippen LogP contribution in [0.4, 0.5) is 13.2 Å². The second-order valence-electron chi connectivity index (χ2n) is 7.18. The van der Waals surface area contributed by atoms with E-state index in [0.29, 0.717) is 18.1 Å². The summed E-state index contributed by atoms with van der Waals surface area (Å²) in [5.74, 6) is 0.247. The van der Waals surface area contributed by atoms with Gasteiger partial charge >= 0.3 is 6.18 Å². The molecule has 1 aromatic rings. The highest BCUT2D eigenvalue weighted by Crippen LogP contribution is 2.30. The third-order valence-electron chi connectivity index (χ3n) is 3.97. The first-order valence-corrected chi connectivity index (χ1v) is 10.4. The summed E-state index contributed by atoms with van der Waals surface area (Å²) < 4.78 is 62.1. The molecule has 0 fully saturated rings. The molecule has 2 N–H and O–H groups in total. The fourth-order valence-corrected chi connectivity index (χ4v) is 3.12. The molecule has 28 heavy (non-hydrogen) atoms. The van der Waals surface area contributed by atoms with Gasteiger partial charge in [0.15, 0.2) is 15.8 Å². The zero-order valence-corrected chi connectivity index (χ0v) is 19.9. The smallest absolute Gasteiger partial charge is 0.357 e. The average Bonchev–Trinajstić information content (AvgIpc) is 2.53. The van der Waals surface area contributed by atoms with Gasteiger partial charge in [0, 0.05) is 6.54 Å². The number of sulfone groups is 1. The van der Waals surface area contributed by atoms with Crippen molar-refractivity contribution in [3.63, 3.8) is 0 Å². The molecule has 162 valence electrons. The molecule has 1 aromatic carbocycles. The average molecular weight is 535 g/mol. The lowest BCUT2D eigenvalue weighted by Gasteiger charge is -2.20. The number of halogens is 4. The molecule has 5 nitrogen and oxygen atoms in total. The van der Waals surface area contributed by atoms with Gasteiger partial charge in [0.25, 0.3) is 0 Å². The molecule has 0 amide bonds. The van der Waals surface area contributed by atoms with Crippen LogP contribution in [0.3, 0.4) is 0 Å². The van der Waals surface area contributed by atoms with Gasteiger partial charge in [-0.2, -0.15) is 13.2 Å². The monoisotopic (exact) mass is 535 g/mol. The third-order valence-corrected chi connectivity index (χ3v) is 6.56. The first-order chi connectivity index (χ1) is 12.3. The highest BCUT2D eigenvalue weighted by molar-refractivity contribution is 14.0. The van der Waals surface area contributed by atoms with Crippen molar-refractivity contribution in [2.75, 3.05) is 18.8 Å². The Kier molecular flexibility index (Phi) is 10.3. The summed E-state index contributed by atoms with van der Waals surface area (Å²) in [7, 11) is -3.30. The van der Waals surface area contributed by atoms with Crippen molar-refractivity contribution in [2.45, 2.75) is 51.6 Å². The van der Waals surface area contributed by atoms with Gasteiger partial charge in [0.05, 0.1) is 28.6 Å². The maximum atomic E-state index is 12.9. The van der Waals surface area contributed by atoms with Crippen LogP contribution in [0.5, 0.6) is 0 Å². The maximum Gasteiger partial charge on any atom is 0.416 e. The quantitative estimate of drug-likeness (QED) is 0.326. The molecule has 0 heterocycles. The Morgan fingerprint density at radius 2 is 1.82 bits per heavy atom. The molecule has 1 atom stereocenters. The molecule has 0 saturated heterocycles. The first kappa shape index (κ1) is 27.0. The van der Waals surface area contributed by atoms with E-state index < -0.39 is 32.4 Å². The van der Waals surface area contributed by atoms with Gasteiger partial charge in [0.1, 0.15) is 0 Å². The van der Waals surface area contributed by atoms with Crippen LogP contribution in [-0.4, -0.2) is 38.0 Å². The van der Waals surface area contributed by atoms with Crippen LogP contribution in [0.1, 0.15) is 51.8 Å². The largest absolute Gasteiger partial charge is 0.416 e. The SMILES string of the molecule is CCNC(=NCCS(=O)(=O)C(C)(C)C)NC(C)c1cccc(C(F)(F)F)c1.I. The van der Waals surface area contributed by atoms with Crippen LogP contribution in [0.15, 0.2) is 29.3 Å². The second-order valence-corrected chi connectivity index (χ2v) is 10.0. The first-order valence-electron chi connectivity index (χ1n) is 8.72. The molecule has 10 heteroatoms. The van der Waals surface area contributed by atoms with Gasteiger partial charge in [0.2, 0.25) is 0 Å². The Labute approximate surface area is 182 Å². The number of aliphatic imine (C=N–C) groups is 1. The van der Waals surface area contributed by atoms with Crippen LogP contribution in [-0.2, 0) is 16.0 Å². The molecular formula is C18H29F3IN3O2S. The van der Waals surface area contributed by atoms with Gasteiger partial charge in [-0.25, -0.2) is 8.42 Å². The van der Waals surface area contributed by atoms with E-state index in [1.54, 1.807) is 33.8 Å². The minimum Gasteiger partial charge on any atom is -0.357 e. The summed E-state index contributed by atoms with van der Waals surface area (Å²) in [6, 6.07) is 4.62. The number of nitrogens with zero attached hydrogens (tertiary/aromatic N) is 1. The summed E-state index contributed by atoms with van der Waals surface area (Å²) in [5, 5.41) is 5.99. The number of hydrogen-bond acceptors (Lipinski definition) is 3. The van der Waals surface area contributed by atoms with E-state index in [-0.39, 0.29) is 36.3 Å². The molecule has 0 radical (unpaired) electrons. The summed E-state index contributed by atoms with van der Waals surface area (Å²) in [5.41, 5.74) is -0.260. The number of benzene rings is 1.